The number of rotatable bonds is 5. The summed E-state index contributed by atoms with van der Waals surface area (Å²) in [5.74, 6) is 0.579. The van der Waals surface area contributed by atoms with E-state index in [4.69, 9.17) is 28.5 Å². The van der Waals surface area contributed by atoms with Crippen molar-refractivity contribution in [3.05, 3.63) is 53.1 Å². The van der Waals surface area contributed by atoms with Crippen molar-refractivity contribution in [1.82, 2.24) is 5.06 Å². The van der Waals surface area contributed by atoms with Crippen LogP contribution < -0.4 is 14.2 Å². The van der Waals surface area contributed by atoms with Crippen LogP contribution in [0.4, 0.5) is 0 Å². The zero-order valence-electron chi connectivity index (χ0n) is 18.0. The first-order chi connectivity index (χ1) is 15.5. The number of esters is 2. The molecule has 0 spiro atoms. The minimum absolute atomic E-state index is 0.1000. The van der Waals surface area contributed by atoms with Crippen LogP contribution in [0.3, 0.4) is 0 Å². The first-order valence-electron chi connectivity index (χ1n) is 10.2. The second kappa shape index (κ2) is 7.68. The van der Waals surface area contributed by atoms with E-state index in [2.05, 4.69) is 0 Å². The second-order valence-corrected chi connectivity index (χ2v) is 7.91. The molecule has 4 aliphatic rings. The third-order valence-corrected chi connectivity index (χ3v) is 6.34. The molecule has 6 rings (SSSR count). The molecule has 168 valence electrons. The molecule has 0 radical (unpaired) electrons. The zero-order valence-corrected chi connectivity index (χ0v) is 18.0. The molecule has 1 fully saturated rings. The largest absolute Gasteiger partial charge is 0.497 e. The van der Waals surface area contributed by atoms with Crippen molar-refractivity contribution >= 4 is 11.9 Å². The van der Waals surface area contributed by atoms with Gasteiger partial charge in [-0.1, -0.05) is 12.1 Å². The Morgan fingerprint density at radius 1 is 1.00 bits per heavy atom. The van der Waals surface area contributed by atoms with Gasteiger partial charge in [-0.15, -0.1) is 0 Å². The van der Waals surface area contributed by atoms with Crippen molar-refractivity contribution in [1.29, 1.82) is 0 Å². The smallest absolute Gasteiger partial charge is 0.325 e. The summed E-state index contributed by atoms with van der Waals surface area (Å²) in [5.41, 5.74) is 0.943. The van der Waals surface area contributed by atoms with Gasteiger partial charge < -0.3 is 23.7 Å². The molecule has 0 aromatic heterocycles. The first kappa shape index (κ1) is 20.6. The number of carbonyl (C=O) groups is 2. The lowest BCUT2D eigenvalue weighted by Crippen LogP contribution is -2.59. The van der Waals surface area contributed by atoms with Crippen molar-refractivity contribution < 1.29 is 38.1 Å². The number of methoxy groups -OCH3 is 3. The van der Waals surface area contributed by atoms with Crippen LogP contribution in [0.5, 0.6) is 17.2 Å². The van der Waals surface area contributed by atoms with Crippen molar-refractivity contribution in [3.8, 4) is 17.2 Å². The summed E-state index contributed by atoms with van der Waals surface area (Å²) < 4.78 is 26.5. The van der Waals surface area contributed by atoms with Crippen LogP contribution in [0, 0.1) is 5.41 Å². The van der Waals surface area contributed by atoms with E-state index in [1.54, 1.807) is 12.2 Å². The van der Waals surface area contributed by atoms with Crippen LogP contribution in [0.2, 0.25) is 0 Å². The second-order valence-electron chi connectivity index (χ2n) is 7.91. The average molecular weight is 441 g/mol. The van der Waals surface area contributed by atoms with Gasteiger partial charge in [0.05, 0.1) is 27.4 Å². The molecule has 1 aliphatic carbocycles. The van der Waals surface area contributed by atoms with E-state index >= 15 is 0 Å². The molecule has 9 nitrogen and oxygen atoms in total. The van der Waals surface area contributed by atoms with E-state index < -0.39 is 29.5 Å². The number of nitrogens with zero attached hydrogens (tertiary/aromatic N) is 1. The maximum absolute atomic E-state index is 13.1. The number of fused-ring (bicyclic) bond motifs is 3. The fourth-order valence-corrected chi connectivity index (χ4v) is 4.86. The molecule has 2 bridgehead atoms. The highest BCUT2D eigenvalue weighted by Gasteiger charge is 2.65. The van der Waals surface area contributed by atoms with Crippen LogP contribution >= 0.6 is 0 Å². The van der Waals surface area contributed by atoms with Gasteiger partial charge in [0.25, 0.3) is 0 Å². The van der Waals surface area contributed by atoms with E-state index in [9.17, 15) is 9.59 Å². The summed E-state index contributed by atoms with van der Waals surface area (Å²) in [6.45, 7) is 0.442. The molecule has 0 saturated carbocycles. The Hall–Kier alpha value is -3.30. The fraction of sp³-hybridized carbons (Fsp3) is 0.391. The van der Waals surface area contributed by atoms with Gasteiger partial charge in [-0.3, -0.25) is 14.4 Å². The number of ether oxygens (including phenoxy) is 5. The van der Waals surface area contributed by atoms with Gasteiger partial charge in [-0.2, -0.15) is 5.06 Å². The number of benzene rings is 2. The van der Waals surface area contributed by atoms with Gasteiger partial charge in [0.2, 0.25) is 6.79 Å². The number of hydrogen-bond acceptors (Lipinski definition) is 9. The summed E-state index contributed by atoms with van der Waals surface area (Å²) in [5, 5.41) is 1.66. The Balaban J connectivity index is 1.63. The zero-order chi connectivity index (χ0) is 22.5. The van der Waals surface area contributed by atoms with Crippen molar-refractivity contribution in [2.45, 2.75) is 25.1 Å². The predicted molar refractivity (Wildman–Crippen MR) is 109 cm³/mol. The molecule has 2 aromatic carbocycles. The Labute approximate surface area is 184 Å². The van der Waals surface area contributed by atoms with Gasteiger partial charge in [-0.05, 0) is 41.0 Å². The number of hydrogen-bond donors (Lipinski definition) is 0. The average Bonchev–Trinajstić information content (AvgIpc) is 3.29. The molecule has 2 atom stereocenters. The lowest BCUT2D eigenvalue weighted by atomic mass is 9.65. The number of carbonyl (C=O) groups excluding carboxylic acids is 2. The molecule has 2 aromatic rings. The lowest BCUT2D eigenvalue weighted by Gasteiger charge is -2.53. The SMILES string of the molecule is COC(=O)C1(C(=O)OC)CC2ON(Cc3ccc(OC)cc3)C1c1cc3c(cc12)OCO3. The highest BCUT2D eigenvalue weighted by atomic mass is 16.7. The van der Waals surface area contributed by atoms with Crippen molar-refractivity contribution in [2.24, 2.45) is 5.41 Å². The van der Waals surface area contributed by atoms with E-state index in [0.29, 0.717) is 18.0 Å². The molecule has 2 unspecified atom stereocenters. The molecule has 1 saturated heterocycles. The Kier molecular flexibility index (Phi) is 4.94. The van der Waals surface area contributed by atoms with Crippen LogP contribution in [0.25, 0.3) is 0 Å². The maximum Gasteiger partial charge on any atom is 0.325 e. The van der Waals surface area contributed by atoms with Gasteiger partial charge >= 0.3 is 11.9 Å². The topological polar surface area (TPSA) is 92.8 Å². The molecular formula is C23H23NO8. The van der Waals surface area contributed by atoms with E-state index in [-0.39, 0.29) is 13.2 Å². The molecule has 9 heteroatoms. The molecule has 3 heterocycles. The maximum atomic E-state index is 13.1. The van der Waals surface area contributed by atoms with Crippen LogP contribution in [0.15, 0.2) is 36.4 Å². The summed E-state index contributed by atoms with van der Waals surface area (Å²) >= 11 is 0. The third kappa shape index (κ3) is 2.92. The minimum atomic E-state index is -1.58. The third-order valence-electron chi connectivity index (χ3n) is 6.34. The summed E-state index contributed by atoms with van der Waals surface area (Å²) in [4.78, 5) is 32.5. The summed E-state index contributed by atoms with van der Waals surface area (Å²) in [6, 6.07) is 10.4. The number of hydroxylamine groups is 2. The molecular weight excluding hydrogens is 418 g/mol. The molecule has 3 aliphatic heterocycles. The highest BCUT2D eigenvalue weighted by Crippen LogP contribution is 2.60. The normalized spacial score (nSPS) is 22.2. The summed E-state index contributed by atoms with van der Waals surface area (Å²) in [7, 11) is 4.14. The van der Waals surface area contributed by atoms with Gasteiger partial charge in [-0.25, -0.2) is 0 Å². The van der Waals surface area contributed by atoms with Crippen LogP contribution in [-0.2, 0) is 30.4 Å². The van der Waals surface area contributed by atoms with Crippen LogP contribution in [-0.4, -0.2) is 45.1 Å². The predicted octanol–water partition coefficient (Wildman–Crippen LogP) is 2.69. The quantitative estimate of drug-likeness (QED) is 0.513. The molecule has 0 N–H and O–H groups in total. The van der Waals surface area contributed by atoms with Gasteiger partial charge in [0.1, 0.15) is 11.9 Å². The van der Waals surface area contributed by atoms with E-state index in [1.807, 2.05) is 36.4 Å². The van der Waals surface area contributed by atoms with E-state index in [0.717, 1.165) is 22.4 Å². The van der Waals surface area contributed by atoms with Crippen molar-refractivity contribution in [2.75, 3.05) is 28.1 Å². The van der Waals surface area contributed by atoms with Gasteiger partial charge in [0.15, 0.2) is 16.9 Å². The Bertz CT molecular complexity index is 1050. The summed E-state index contributed by atoms with van der Waals surface area (Å²) in [6.07, 6.45) is -0.469. The lowest BCUT2D eigenvalue weighted by molar-refractivity contribution is -0.305. The van der Waals surface area contributed by atoms with Crippen LogP contribution in [0.1, 0.15) is 35.3 Å². The van der Waals surface area contributed by atoms with Gasteiger partial charge in [0, 0.05) is 13.0 Å². The Morgan fingerprint density at radius 3 is 2.22 bits per heavy atom. The van der Waals surface area contributed by atoms with E-state index in [1.165, 1.54) is 14.2 Å². The fourth-order valence-electron chi connectivity index (χ4n) is 4.86. The minimum Gasteiger partial charge on any atom is -0.497 e. The first-order valence-corrected chi connectivity index (χ1v) is 10.2. The van der Waals surface area contributed by atoms with Crippen molar-refractivity contribution in [3.63, 3.8) is 0 Å². The Morgan fingerprint density at radius 2 is 1.62 bits per heavy atom. The standard InChI is InChI=1S/C23H23NO8/c1-27-14-6-4-13(5-7-14)11-24-20-16-9-18-17(30-12-31-18)8-15(16)19(32-24)10-23(20,21(25)28-2)22(26)29-3/h4-9,19-20H,10-12H2,1-3H3. The monoisotopic (exact) mass is 441 g/mol. The molecule has 32 heavy (non-hydrogen) atoms. The molecule has 0 amide bonds. The highest BCUT2D eigenvalue weighted by molar-refractivity contribution is 6.01.